The van der Waals surface area contributed by atoms with E-state index in [2.05, 4.69) is 4.98 Å². The van der Waals surface area contributed by atoms with Crippen molar-refractivity contribution in [2.75, 3.05) is 13.2 Å². The Morgan fingerprint density at radius 3 is 2.41 bits per heavy atom. The van der Waals surface area contributed by atoms with Gasteiger partial charge in [0.2, 0.25) is 5.88 Å². The molecule has 152 valence electrons. The topological polar surface area (TPSA) is 126 Å². The number of nitrogens with zero attached hydrogens (tertiary/aromatic N) is 2. The van der Waals surface area contributed by atoms with Crippen molar-refractivity contribution in [3.05, 3.63) is 22.7 Å². The molecule has 0 aromatic carbocycles. The lowest BCUT2D eigenvalue weighted by Crippen LogP contribution is -2.45. The highest BCUT2D eigenvalue weighted by atomic mass is 16.6. The maximum absolute atomic E-state index is 12.2. The summed E-state index contributed by atoms with van der Waals surface area (Å²) in [5, 5.41) is 9.94. The SMILES string of the molecule is CCOc1ccn(C(C)O[C@H](COC(C)=O)C(OC(C)=O)C(C)O)c(=O)n1. The number of hydrogen-bond donors (Lipinski definition) is 1. The van der Waals surface area contributed by atoms with E-state index >= 15 is 0 Å². The minimum absolute atomic E-state index is 0.184. The summed E-state index contributed by atoms with van der Waals surface area (Å²) in [7, 11) is 0. The first-order valence-corrected chi connectivity index (χ1v) is 8.51. The van der Waals surface area contributed by atoms with Gasteiger partial charge < -0.3 is 24.1 Å². The molecule has 27 heavy (non-hydrogen) atoms. The molecule has 1 N–H and O–H groups in total. The van der Waals surface area contributed by atoms with E-state index in [1.54, 1.807) is 13.8 Å². The molecule has 0 spiro atoms. The summed E-state index contributed by atoms with van der Waals surface area (Å²) >= 11 is 0. The molecule has 1 rings (SSSR count). The predicted molar refractivity (Wildman–Crippen MR) is 93.1 cm³/mol. The van der Waals surface area contributed by atoms with Gasteiger partial charge in [-0.3, -0.25) is 14.2 Å². The van der Waals surface area contributed by atoms with Crippen molar-refractivity contribution in [2.24, 2.45) is 0 Å². The van der Waals surface area contributed by atoms with E-state index in [1.807, 2.05) is 0 Å². The summed E-state index contributed by atoms with van der Waals surface area (Å²) in [5.74, 6) is -1.02. The van der Waals surface area contributed by atoms with Crippen LogP contribution in [0.25, 0.3) is 0 Å². The number of aromatic nitrogens is 2. The highest BCUT2D eigenvalue weighted by Gasteiger charge is 2.32. The molecule has 1 aromatic heterocycles. The van der Waals surface area contributed by atoms with Gasteiger partial charge in [0.05, 0.1) is 12.7 Å². The summed E-state index contributed by atoms with van der Waals surface area (Å²) in [6.07, 6.45) is -2.62. The smallest absolute Gasteiger partial charge is 0.352 e. The number of aliphatic hydroxyl groups is 1. The molecule has 3 unspecified atom stereocenters. The lowest BCUT2D eigenvalue weighted by molar-refractivity contribution is -0.185. The van der Waals surface area contributed by atoms with Gasteiger partial charge in [0.1, 0.15) is 18.9 Å². The minimum atomic E-state index is -1.10. The first-order valence-electron chi connectivity index (χ1n) is 8.51. The van der Waals surface area contributed by atoms with E-state index in [4.69, 9.17) is 18.9 Å². The van der Waals surface area contributed by atoms with Gasteiger partial charge in [0, 0.05) is 26.1 Å². The second kappa shape index (κ2) is 10.6. The summed E-state index contributed by atoms with van der Waals surface area (Å²) in [5.41, 5.74) is -0.610. The molecule has 1 aromatic rings. The van der Waals surface area contributed by atoms with Crippen LogP contribution in [0.15, 0.2) is 17.1 Å². The first kappa shape index (κ1) is 22.6. The molecule has 0 saturated heterocycles. The Morgan fingerprint density at radius 1 is 1.26 bits per heavy atom. The Kier molecular flexibility index (Phi) is 8.89. The van der Waals surface area contributed by atoms with Crippen molar-refractivity contribution in [1.82, 2.24) is 9.55 Å². The second-order valence-electron chi connectivity index (χ2n) is 5.78. The maximum atomic E-state index is 12.2. The lowest BCUT2D eigenvalue weighted by Gasteiger charge is -2.31. The first-order chi connectivity index (χ1) is 12.6. The number of aliphatic hydroxyl groups excluding tert-OH is 1. The fraction of sp³-hybridized carbons (Fsp3) is 0.647. The molecular weight excluding hydrogens is 360 g/mol. The molecule has 4 atom stereocenters. The summed E-state index contributed by atoms with van der Waals surface area (Å²) in [4.78, 5) is 38.4. The number of rotatable bonds is 10. The van der Waals surface area contributed by atoms with E-state index in [-0.39, 0.29) is 12.5 Å². The molecule has 0 aliphatic heterocycles. The predicted octanol–water partition coefficient (Wildman–Crippen LogP) is 0.421. The van der Waals surface area contributed by atoms with E-state index in [1.165, 1.54) is 37.6 Å². The average Bonchev–Trinajstić information content (AvgIpc) is 2.56. The highest BCUT2D eigenvalue weighted by Crippen LogP contribution is 2.17. The summed E-state index contributed by atoms with van der Waals surface area (Å²) in [6, 6.07) is 1.50. The Hall–Kier alpha value is -2.46. The monoisotopic (exact) mass is 386 g/mol. The summed E-state index contributed by atoms with van der Waals surface area (Å²) < 4.78 is 22.2. The molecule has 0 saturated carbocycles. The maximum Gasteiger partial charge on any atom is 0.352 e. The van der Waals surface area contributed by atoms with Crippen molar-refractivity contribution < 1.29 is 33.6 Å². The fourth-order valence-corrected chi connectivity index (χ4v) is 2.31. The van der Waals surface area contributed by atoms with Crippen LogP contribution in [0.4, 0.5) is 0 Å². The zero-order valence-corrected chi connectivity index (χ0v) is 16.1. The zero-order valence-electron chi connectivity index (χ0n) is 16.1. The van der Waals surface area contributed by atoms with Crippen LogP contribution in [0.5, 0.6) is 5.88 Å². The quantitative estimate of drug-likeness (QED) is 0.569. The van der Waals surface area contributed by atoms with Gasteiger partial charge in [-0.05, 0) is 20.8 Å². The van der Waals surface area contributed by atoms with Gasteiger partial charge in [-0.25, -0.2) is 4.79 Å². The number of carbonyl (C=O) groups excluding carboxylic acids is 2. The third-order valence-electron chi connectivity index (χ3n) is 3.45. The molecule has 10 heteroatoms. The molecule has 1 heterocycles. The van der Waals surface area contributed by atoms with Crippen molar-refractivity contribution in [3.63, 3.8) is 0 Å². The van der Waals surface area contributed by atoms with Crippen molar-refractivity contribution >= 4 is 11.9 Å². The van der Waals surface area contributed by atoms with Crippen LogP contribution < -0.4 is 10.4 Å². The Balaban J connectivity index is 3.03. The Morgan fingerprint density at radius 2 is 1.93 bits per heavy atom. The fourth-order valence-electron chi connectivity index (χ4n) is 2.31. The zero-order chi connectivity index (χ0) is 20.6. The minimum Gasteiger partial charge on any atom is -0.478 e. The summed E-state index contributed by atoms with van der Waals surface area (Å²) in [6.45, 7) is 7.23. The van der Waals surface area contributed by atoms with E-state index in [9.17, 15) is 19.5 Å². The number of carbonyl (C=O) groups is 2. The number of ether oxygens (including phenoxy) is 4. The largest absolute Gasteiger partial charge is 0.478 e. The van der Waals surface area contributed by atoms with Gasteiger partial charge in [-0.1, -0.05) is 0 Å². The van der Waals surface area contributed by atoms with Crippen molar-refractivity contribution in [2.45, 2.75) is 59.2 Å². The molecule has 0 aliphatic rings. The standard InChI is InChI=1S/C17H26N2O8/c1-6-24-15-7-8-19(17(23)18-15)11(3)26-14(9-25-12(4)21)16(10(2)20)27-13(5)22/h7-8,10-11,14,16,20H,6,9H2,1-5H3/t10?,11?,14-,16?/m1/s1. The molecular formula is C17H26N2O8. The molecule has 0 aliphatic carbocycles. The molecule has 0 radical (unpaired) electrons. The van der Waals surface area contributed by atoms with Crippen LogP contribution in [0.3, 0.4) is 0 Å². The third-order valence-corrected chi connectivity index (χ3v) is 3.45. The van der Waals surface area contributed by atoms with Crippen LogP contribution in [0, 0.1) is 0 Å². The average molecular weight is 386 g/mol. The lowest BCUT2D eigenvalue weighted by atomic mass is 10.1. The number of hydrogen-bond acceptors (Lipinski definition) is 9. The Labute approximate surface area is 157 Å². The highest BCUT2D eigenvalue weighted by molar-refractivity contribution is 5.66. The molecule has 0 amide bonds. The van der Waals surface area contributed by atoms with Crippen LogP contribution in [0.1, 0.15) is 40.8 Å². The van der Waals surface area contributed by atoms with Crippen molar-refractivity contribution in [1.29, 1.82) is 0 Å². The van der Waals surface area contributed by atoms with Crippen LogP contribution in [-0.4, -0.2) is 58.1 Å². The van der Waals surface area contributed by atoms with Crippen molar-refractivity contribution in [3.8, 4) is 5.88 Å². The molecule has 0 fully saturated rings. The van der Waals surface area contributed by atoms with Gasteiger partial charge in [-0.2, -0.15) is 4.98 Å². The van der Waals surface area contributed by atoms with Crippen LogP contribution in [0.2, 0.25) is 0 Å². The molecule has 0 bridgehead atoms. The van der Waals surface area contributed by atoms with E-state index in [0.29, 0.717) is 6.61 Å². The van der Waals surface area contributed by atoms with Crippen LogP contribution >= 0.6 is 0 Å². The van der Waals surface area contributed by atoms with E-state index in [0.717, 1.165) is 0 Å². The second-order valence-corrected chi connectivity index (χ2v) is 5.78. The Bertz CT molecular complexity index is 688. The van der Waals surface area contributed by atoms with Gasteiger partial charge in [0.15, 0.2) is 6.10 Å². The third kappa shape index (κ3) is 7.35. The van der Waals surface area contributed by atoms with E-state index < -0.39 is 42.2 Å². The van der Waals surface area contributed by atoms with Gasteiger partial charge in [-0.15, -0.1) is 0 Å². The van der Waals surface area contributed by atoms with Gasteiger partial charge >= 0.3 is 17.6 Å². The van der Waals surface area contributed by atoms with Gasteiger partial charge in [0.25, 0.3) is 0 Å². The molecule has 10 nitrogen and oxygen atoms in total. The normalized spacial score (nSPS) is 15.3. The van der Waals surface area contributed by atoms with Crippen LogP contribution in [-0.2, 0) is 23.8 Å². The number of esters is 2.